The summed E-state index contributed by atoms with van der Waals surface area (Å²) in [6.45, 7) is 12.4. The van der Waals surface area contributed by atoms with Gasteiger partial charge in [-0.1, -0.05) is 13.8 Å². The van der Waals surface area contributed by atoms with Crippen molar-refractivity contribution in [2.75, 3.05) is 26.4 Å². The zero-order chi connectivity index (χ0) is 22.4. The highest BCUT2D eigenvalue weighted by molar-refractivity contribution is 5.94. The molecule has 0 aliphatic carbocycles. The molecule has 0 heterocycles. The summed E-state index contributed by atoms with van der Waals surface area (Å²) < 4.78 is 14.4. The highest BCUT2D eigenvalue weighted by Gasteiger charge is 2.27. The number of hydrogen-bond acceptors (Lipinski definition) is 8. The summed E-state index contributed by atoms with van der Waals surface area (Å²) in [6, 6.07) is 0. The van der Waals surface area contributed by atoms with Crippen molar-refractivity contribution in [3.63, 3.8) is 0 Å². The maximum absolute atomic E-state index is 11.5. The van der Waals surface area contributed by atoms with Crippen LogP contribution in [0.25, 0.3) is 0 Å². The van der Waals surface area contributed by atoms with E-state index in [4.69, 9.17) is 19.3 Å². The van der Waals surface area contributed by atoms with Gasteiger partial charge in [0.2, 0.25) is 0 Å². The van der Waals surface area contributed by atoms with Crippen molar-refractivity contribution in [3.05, 3.63) is 0 Å². The van der Waals surface area contributed by atoms with Crippen LogP contribution in [-0.4, -0.2) is 55.2 Å². The molecular formula is C20H36O8. The minimum Gasteiger partial charge on any atom is -0.463 e. The molecule has 0 aromatic rings. The van der Waals surface area contributed by atoms with E-state index in [1.165, 1.54) is 6.92 Å². The van der Waals surface area contributed by atoms with Crippen LogP contribution in [0.4, 0.5) is 0 Å². The first-order chi connectivity index (χ1) is 12.8. The van der Waals surface area contributed by atoms with Gasteiger partial charge < -0.3 is 19.3 Å². The van der Waals surface area contributed by atoms with Crippen LogP contribution < -0.4 is 0 Å². The molecule has 1 N–H and O–H groups in total. The number of carbonyl (C=O) groups is 4. The molecule has 0 spiro atoms. The Labute approximate surface area is 167 Å². The Balaban J connectivity index is 0. The van der Waals surface area contributed by atoms with Crippen LogP contribution in [0, 0.1) is 10.8 Å². The molecule has 0 aliphatic heterocycles. The first-order valence-corrected chi connectivity index (χ1v) is 9.44. The summed E-state index contributed by atoms with van der Waals surface area (Å²) in [5, 5.41) is 8.38. The maximum atomic E-state index is 11.5. The molecule has 8 nitrogen and oxygen atoms in total. The van der Waals surface area contributed by atoms with Crippen LogP contribution in [0.5, 0.6) is 0 Å². The first kappa shape index (κ1) is 28.3. The molecule has 0 fully saturated rings. The van der Waals surface area contributed by atoms with Gasteiger partial charge >= 0.3 is 17.9 Å². The molecule has 0 aliphatic rings. The predicted octanol–water partition coefficient (Wildman–Crippen LogP) is 2.45. The third kappa shape index (κ3) is 13.2. The molecular weight excluding hydrogens is 368 g/mol. The van der Waals surface area contributed by atoms with Gasteiger partial charge in [-0.25, -0.2) is 0 Å². The maximum Gasteiger partial charge on any atom is 0.313 e. The Kier molecular flexibility index (Phi) is 14.2. The van der Waals surface area contributed by atoms with E-state index in [1.54, 1.807) is 13.8 Å². The number of rotatable bonds is 11. The average molecular weight is 405 g/mol. The smallest absolute Gasteiger partial charge is 0.313 e. The van der Waals surface area contributed by atoms with Crippen LogP contribution in [0.2, 0.25) is 0 Å². The van der Waals surface area contributed by atoms with Crippen LogP contribution in [-0.2, 0) is 33.4 Å². The van der Waals surface area contributed by atoms with Gasteiger partial charge in [-0.05, 0) is 47.5 Å². The van der Waals surface area contributed by atoms with Crippen molar-refractivity contribution in [2.24, 2.45) is 10.8 Å². The number of carbonyl (C=O) groups excluding carboxylic acids is 4. The number of aliphatic hydroxyl groups excluding tert-OH is 1. The minimum absolute atomic E-state index is 0.0162. The second-order valence-corrected chi connectivity index (χ2v) is 7.57. The Morgan fingerprint density at radius 2 is 1.14 bits per heavy atom. The molecule has 0 atom stereocenters. The third-order valence-electron chi connectivity index (χ3n) is 4.17. The molecule has 0 radical (unpaired) electrons. The second-order valence-electron chi connectivity index (χ2n) is 7.57. The van der Waals surface area contributed by atoms with Crippen molar-refractivity contribution in [1.82, 2.24) is 0 Å². The van der Waals surface area contributed by atoms with E-state index in [-0.39, 0.29) is 50.6 Å². The van der Waals surface area contributed by atoms with Gasteiger partial charge in [-0.3, -0.25) is 19.2 Å². The lowest BCUT2D eigenvalue weighted by Gasteiger charge is -2.20. The zero-order valence-corrected chi connectivity index (χ0v) is 18.3. The molecule has 0 saturated heterocycles. The van der Waals surface area contributed by atoms with Gasteiger partial charge in [0, 0.05) is 0 Å². The normalized spacial score (nSPS) is 11.0. The van der Waals surface area contributed by atoms with E-state index in [0.717, 1.165) is 6.42 Å². The Bertz CT molecular complexity index is 508. The fraction of sp³-hybridized carbons (Fsp3) is 0.800. The minimum atomic E-state index is -0.594. The molecule has 0 amide bonds. The Morgan fingerprint density at radius 3 is 1.50 bits per heavy atom. The molecule has 0 bridgehead atoms. The lowest BCUT2D eigenvalue weighted by Crippen LogP contribution is -2.27. The molecule has 0 aromatic carbocycles. The first-order valence-electron chi connectivity index (χ1n) is 9.44. The molecule has 164 valence electrons. The fourth-order valence-corrected chi connectivity index (χ4v) is 1.36. The van der Waals surface area contributed by atoms with Gasteiger partial charge in [0.1, 0.15) is 32.0 Å². The van der Waals surface area contributed by atoms with E-state index in [0.29, 0.717) is 6.42 Å². The lowest BCUT2D eigenvalue weighted by atomic mass is 9.91. The number of ether oxygens (including phenoxy) is 3. The number of esters is 3. The Morgan fingerprint density at radius 1 is 0.750 bits per heavy atom. The molecule has 0 saturated carbocycles. The topological polar surface area (TPSA) is 116 Å². The number of Topliss-reactive ketones (excluding diaryl/α,β-unsaturated/α-hetero) is 1. The van der Waals surface area contributed by atoms with Crippen LogP contribution in [0.15, 0.2) is 0 Å². The van der Waals surface area contributed by atoms with Gasteiger partial charge in [-0.15, -0.1) is 0 Å². The van der Waals surface area contributed by atoms with Crippen molar-refractivity contribution in [2.45, 2.75) is 67.7 Å². The SMILES string of the molecule is CCC(C)(C)C(=O)OCCO.CCC(C)(C)C(=O)OCCOC(=O)CC(C)=O. The van der Waals surface area contributed by atoms with Gasteiger partial charge in [0.25, 0.3) is 0 Å². The van der Waals surface area contributed by atoms with E-state index in [9.17, 15) is 19.2 Å². The lowest BCUT2D eigenvalue weighted by molar-refractivity contribution is -0.159. The van der Waals surface area contributed by atoms with E-state index in [1.807, 2.05) is 27.7 Å². The van der Waals surface area contributed by atoms with E-state index < -0.39 is 16.8 Å². The highest BCUT2D eigenvalue weighted by Crippen LogP contribution is 2.21. The van der Waals surface area contributed by atoms with Gasteiger partial charge in [-0.2, -0.15) is 0 Å². The van der Waals surface area contributed by atoms with Crippen molar-refractivity contribution in [1.29, 1.82) is 0 Å². The number of hydrogen-bond donors (Lipinski definition) is 1. The summed E-state index contributed by atoms with van der Waals surface area (Å²) in [4.78, 5) is 44.2. The van der Waals surface area contributed by atoms with Crippen LogP contribution >= 0.6 is 0 Å². The standard InChI is InChI=1S/C12H20O5.C8H16O3/c1-5-12(3,4)11(15)17-7-6-16-10(14)8-9(2)13;1-4-8(2,3)7(10)11-6-5-9/h5-8H2,1-4H3;9H,4-6H2,1-3H3. The second kappa shape index (κ2) is 14.1. The monoisotopic (exact) mass is 404 g/mol. The summed E-state index contributed by atoms with van der Waals surface area (Å²) in [5.41, 5.74) is -0.946. The Hall–Kier alpha value is -1.96. The average Bonchev–Trinajstić information content (AvgIpc) is 2.62. The molecule has 0 rings (SSSR count). The summed E-state index contributed by atoms with van der Waals surface area (Å²) in [7, 11) is 0. The quantitative estimate of drug-likeness (QED) is 0.242. The van der Waals surface area contributed by atoms with Gasteiger partial charge in [0.05, 0.1) is 17.4 Å². The van der Waals surface area contributed by atoms with E-state index >= 15 is 0 Å². The highest BCUT2D eigenvalue weighted by atomic mass is 16.6. The number of aliphatic hydroxyl groups is 1. The predicted molar refractivity (Wildman–Crippen MR) is 103 cm³/mol. The largest absolute Gasteiger partial charge is 0.463 e. The van der Waals surface area contributed by atoms with E-state index in [2.05, 4.69) is 0 Å². The van der Waals surface area contributed by atoms with Gasteiger partial charge in [0.15, 0.2) is 0 Å². The molecule has 28 heavy (non-hydrogen) atoms. The summed E-state index contributed by atoms with van der Waals surface area (Å²) in [5.74, 6) is -1.40. The third-order valence-corrected chi connectivity index (χ3v) is 4.17. The molecule has 8 heteroatoms. The summed E-state index contributed by atoms with van der Waals surface area (Å²) in [6.07, 6.45) is 1.18. The fourth-order valence-electron chi connectivity index (χ4n) is 1.36. The zero-order valence-electron chi connectivity index (χ0n) is 18.3. The number of ketones is 1. The van der Waals surface area contributed by atoms with Crippen molar-refractivity contribution >= 4 is 23.7 Å². The summed E-state index contributed by atoms with van der Waals surface area (Å²) >= 11 is 0. The van der Waals surface area contributed by atoms with Crippen LogP contribution in [0.1, 0.15) is 67.7 Å². The van der Waals surface area contributed by atoms with Crippen LogP contribution in [0.3, 0.4) is 0 Å². The molecule has 0 aromatic heterocycles. The molecule has 0 unspecified atom stereocenters. The van der Waals surface area contributed by atoms with Crippen molar-refractivity contribution in [3.8, 4) is 0 Å². The van der Waals surface area contributed by atoms with Crippen molar-refractivity contribution < 1.29 is 38.5 Å².